The van der Waals surface area contributed by atoms with E-state index in [0.717, 1.165) is 11.1 Å². The van der Waals surface area contributed by atoms with E-state index in [1.54, 1.807) is 0 Å². The molecule has 2 N–H and O–H groups in total. The first-order valence-corrected chi connectivity index (χ1v) is 6.28. The summed E-state index contributed by atoms with van der Waals surface area (Å²) >= 11 is 0. The topological polar surface area (TPSA) is 32.3 Å². The minimum absolute atomic E-state index is 0.0911. The number of benzene rings is 1. The average molecular weight is 237 g/mol. The highest BCUT2D eigenvalue weighted by atomic mass is 19.1. The summed E-state index contributed by atoms with van der Waals surface area (Å²) in [5, 5.41) is 13.4. The predicted molar refractivity (Wildman–Crippen MR) is 66.7 cm³/mol. The minimum Gasteiger partial charge on any atom is -0.388 e. The van der Waals surface area contributed by atoms with Crippen molar-refractivity contribution in [3.8, 4) is 0 Å². The Morgan fingerprint density at radius 2 is 2.24 bits per heavy atom. The number of nitrogens with one attached hydrogen (secondary N) is 1. The van der Waals surface area contributed by atoms with Crippen molar-refractivity contribution < 1.29 is 9.50 Å². The maximum absolute atomic E-state index is 13.2. The van der Waals surface area contributed by atoms with Crippen LogP contribution in [0.25, 0.3) is 0 Å². The third kappa shape index (κ3) is 3.27. The molecule has 0 amide bonds. The van der Waals surface area contributed by atoms with Crippen LogP contribution in [0, 0.1) is 6.92 Å². The highest BCUT2D eigenvalue weighted by Gasteiger charge is 2.24. The van der Waals surface area contributed by atoms with Gasteiger partial charge in [-0.2, -0.15) is 0 Å². The van der Waals surface area contributed by atoms with Gasteiger partial charge in [-0.25, -0.2) is 4.39 Å². The van der Waals surface area contributed by atoms with Crippen LogP contribution in [0.3, 0.4) is 0 Å². The van der Waals surface area contributed by atoms with E-state index in [1.165, 1.54) is 0 Å². The molecule has 1 aliphatic rings. The zero-order valence-corrected chi connectivity index (χ0v) is 10.2. The standard InChI is InChI=1S/C14H20FNO/c1-10-4-2-3-5-13(10)14(17)9-12-8-11(15)6-7-16-12/h2-5,11-12,14,16-17H,6-9H2,1H3/t11-,12-,14-/m1/s1. The molecule has 2 nitrogen and oxygen atoms in total. The van der Waals surface area contributed by atoms with Gasteiger partial charge in [-0.05, 0) is 43.9 Å². The number of piperidine rings is 1. The first-order chi connectivity index (χ1) is 8.16. The molecule has 1 heterocycles. The van der Waals surface area contributed by atoms with Crippen LogP contribution in [-0.4, -0.2) is 23.9 Å². The largest absolute Gasteiger partial charge is 0.388 e. The van der Waals surface area contributed by atoms with E-state index < -0.39 is 12.3 Å². The molecule has 2 rings (SSSR count). The van der Waals surface area contributed by atoms with Gasteiger partial charge in [0.15, 0.2) is 0 Å². The van der Waals surface area contributed by atoms with Crippen molar-refractivity contribution in [3.63, 3.8) is 0 Å². The fourth-order valence-electron chi connectivity index (χ4n) is 2.49. The summed E-state index contributed by atoms with van der Waals surface area (Å²) in [7, 11) is 0. The van der Waals surface area contributed by atoms with Crippen molar-refractivity contribution in [1.82, 2.24) is 5.32 Å². The fraction of sp³-hybridized carbons (Fsp3) is 0.571. The zero-order valence-electron chi connectivity index (χ0n) is 10.2. The molecule has 3 heteroatoms. The van der Waals surface area contributed by atoms with E-state index in [4.69, 9.17) is 0 Å². The first-order valence-electron chi connectivity index (χ1n) is 6.28. The van der Waals surface area contributed by atoms with Gasteiger partial charge in [-0.1, -0.05) is 24.3 Å². The summed E-state index contributed by atoms with van der Waals surface area (Å²) in [5.74, 6) is 0. The molecule has 94 valence electrons. The van der Waals surface area contributed by atoms with E-state index in [0.29, 0.717) is 25.8 Å². The molecule has 17 heavy (non-hydrogen) atoms. The summed E-state index contributed by atoms with van der Waals surface area (Å²) in [5.41, 5.74) is 2.04. The van der Waals surface area contributed by atoms with Gasteiger partial charge in [0.25, 0.3) is 0 Å². The molecule has 0 radical (unpaired) electrons. The monoisotopic (exact) mass is 237 g/mol. The quantitative estimate of drug-likeness (QED) is 0.846. The lowest BCUT2D eigenvalue weighted by Gasteiger charge is -2.28. The molecule has 0 unspecified atom stereocenters. The first kappa shape index (κ1) is 12.5. The number of aliphatic hydroxyl groups is 1. The molecule has 0 spiro atoms. The molecule has 0 aromatic heterocycles. The van der Waals surface area contributed by atoms with Crippen molar-refractivity contribution in [3.05, 3.63) is 35.4 Å². The average Bonchev–Trinajstić information content (AvgIpc) is 2.29. The van der Waals surface area contributed by atoms with Crippen molar-refractivity contribution >= 4 is 0 Å². The Kier molecular flexibility index (Phi) is 4.13. The lowest BCUT2D eigenvalue weighted by Crippen LogP contribution is -2.39. The Hall–Kier alpha value is -0.930. The maximum atomic E-state index is 13.2. The molecule has 1 aromatic rings. The van der Waals surface area contributed by atoms with E-state index in [2.05, 4.69) is 5.32 Å². The molecule has 0 bridgehead atoms. The SMILES string of the molecule is Cc1ccccc1[C@H](O)C[C@H]1C[C@H](F)CCN1. The van der Waals surface area contributed by atoms with Gasteiger partial charge >= 0.3 is 0 Å². The van der Waals surface area contributed by atoms with Crippen LogP contribution >= 0.6 is 0 Å². The number of halogens is 1. The van der Waals surface area contributed by atoms with E-state index in [1.807, 2.05) is 31.2 Å². The lowest BCUT2D eigenvalue weighted by molar-refractivity contribution is 0.127. The molecule has 0 aliphatic carbocycles. The van der Waals surface area contributed by atoms with Crippen molar-refractivity contribution in [2.75, 3.05) is 6.54 Å². The number of alkyl halides is 1. The second-order valence-electron chi connectivity index (χ2n) is 4.88. The Labute approximate surface area is 102 Å². The van der Waals surface area contributed by atoms with Crippen LogP contribution in [-0.2, 0) is 0 Å². The van der Waals surface area contributed by atoms with Crippen LogP contribution in [0.5, 0.6) is 0 Å². The molecular formula is C14H20FNO. The highest BCUT2D eigenvalue weighted by molar-refractivity contribution is 5.27. The molecule has 3 atom stereocenters. The van der Waals surface area contributed by atoms with Crippen LogP contribution in [0.4, 0.5) is 4.39 Å². The van der Waals surface area contributed by atoms with E-state index >= 15 is 0 Å². The fourth-order valence-corrected chi connectivity index (χ4v) is 2.49. The number of aryl methyl sites for hydroxylation is 1. The smallest absolute Gasteiger partial charge is 0.103 e. The van der Waals surface area contributed by atoms with Gasteiger partial charge in [0.2, 0.25) is 0 Å². The Bertz CT molecular complexity index is 369. The summed E-state index contributed by atoms with van der Waals surface area (Å²) in [6, 6.07) is 7.91. The van der Waals surface area contributed by atoms with Crippen LogP contribution in [0.15, 0.2) is 24.3 Å². The summed E-state index contributed by atoms with van der Waals surface area (Å²) in [6.45, 7) is 2.71. The Balaban J connectivity index is 1.97. The van der Waals surface area contributed by atoms with Crippen molar-refractivity contribution in [1.29, 1.82) is 0 Å². The van der Waals surface area contributed by atoms with Gasteiger partial charge < -0.3 is 10.4 Å². The van der Waals surface area contributed by atoms with E-state index in [9.17, 15) is 9.50 Å². The third-order valence-electron chi connectivity index (χ3n) is 3.49. The van der Waals surface area contributed by atoms with Crippen molar-refractivity contribution in [2.24, 2.45) is 0 Å². The summed E-state index contributed by atoms with van der Waals surface area (Å²) in [4.78, 5) is 0. The van der Waals surface area contributed by atoms with Gasteiger partial charge in [0.1, 0.15) is 6.17 Å². The molecule has 1 saturated heterocycles. The third-order valence-corrected chi connectivity index (χ3v) is 3.49. The van der Waals surface area contributed by atoms with Crippen LogP contribution in [0.2, 0.25) is 0 Å². The maximum Gasteiger partial charge on any atom is 0.103 e. The number of hydrogen-bond donors (Lipinski definition) is 2. The highest BCUT2D eigenvalue weighted by Crippen LogP contribution is 2.25. The number of rotatable bonds is 3. The van der Waals surface area contributed by atoms with E-state index in [-0.39, 0.29) is 6.04 Å². The second kappa shape index (κ2) is 5.61. The van der Waals surface area contributed by atoms with Gasteiger partial charge in [0.05, 0.1) is 6.10 Å². The molecule has 1 fully saturated rings. The molecule has 1 aliphatic heterocycles. The summed E-state index contributed by atoms with van der Waals surface area (Å²) < 4.78 is 13.2. The Morgan fingerprint density at radius 3 is 2.94 bits per heavy atom. The lowest BCUT2D eigenvalue weighted by atomic mass is 9.93. The zero-order chi connectivity index (χ0) is 12.3. The van der Waals surface area contributed by atoms with Crippen LogP contribution < -0.4 is 5.32 Å². The van der Waals surface area contributed by atoms with Crippen LogP contribution in [0.1, 0.15) is 36.5 Å². The Morgan fingerprint density at radius 1 is 1.47 bits per heavy atom. The van der Waals surface area contributed by atoms with Gasteiger partial charge in [0, 0.05) is 6.04 Å². The normalized spacial score (nSPS) is 26.8. The van der Waals surface area contributed by atoms with Gasteiger partial charge in [-0.15, -0.1) is 0 Å². The number of aliphatic hydroxyl groups excluding tert-OH is 1. The van der Waals surface area contributed by atoms with Crippen molar-refractivity contribution in [2.45, 2.75) is 44.5 Å². The molecular weight excluding hydrogens is 217 g/mol. The molecule has 1 aromatic carbocycles. The number of hydrogen-bond acceptors (Lipinski definition) is 2. The minimum atomic E-state index is -0.717. The predicted octanol–water partition coefficient (Wildman–Crippen LogP) is 2.51. The summed E-state index contributed by atoms with van der Waals surface area (Å²) in [6.07, 6.45) is 0.481. The molecule has 0 saturated carbocycles. The second-order valence-corrected chi connectivity index (χ2v) is 4.88. The van der Waals surface area contributed by atoms with Gasteiger partial charge in [-0.3, -0.25) is 0 Å².